The third kappa shape index (κ3) is 5.84. The van der Waals surface area contributed by atoms with Crippen LogP contribution in [0.25, 0.3) is 11.3 Å². The van der Waals surface area contributed by atoms with Crippen LogP contribution in [0.1, 0.15) is 30.3 Å². The molecule has 3 aromatic rings. The average molecular weight is 427 g/mol. The standard InChI is InChI=1S/C20H23N5O3.CH2O2/c1-27-17-6-4-14(5-7-17)18-11-16(24-28-18)12-23-20(26)25-10-2-3-15(13-25)19-21-8-9-22-19;2-1-3/h4-9,11,15H,2-3,10,12-13H2,1H3,(H,21,22)(H,23,26);1H,(H,2,3). The fourth-order valence-electron chi connectivity index (χ4n) is 3.45. The minimum absolute atomic E-state index is 0.0924. The number of hydrogen-bond donors (Lipinski definition) is 3. The molecule has 0 aliphatic carbocycles. The van der Waals surface area contributed by atoms with Crippen LogP contribution >= 0.6 is 0 Å². The number of benzene rings is 1. The summed E-state index contributed by atoms with van der Waals surface area (Å²) in [6.07, 6.45) is 5.56. The van der Waals surface area contributed by atoms with Crippen molar-refractivity contribution in [3.05, 3.63) is 54.2 Å². The van der Waals surface area contributed by atoms with Gasteiger partial charge in [-0.1, -0.05) is 5.16 Å². The second-order valence-electron chi connectivity index (χ2n) is 6.93. The minimum atomic E-state index is -0.250. The summed E-state index contributed by atoms with van der Waals surface area (Å²) in [4.78, 5) is 30.2. The Bertz CT molecular complexity index is 955. The number of amides is 2. The van der Waals surface area contributed by atoms with Gasteiger partial charge >= 0.3 is 6.03 Å². The zero-order valence-corrected chi connectivity index (χ0v) is 17.2. The molecular formula is C21H25N5O5. The third-order valence-corrected chi connectivity index (χ3v) is 4.97. The lowest BCUT2D eigenvalue weighted by molar-refractivity contribution is -0.122. The van der Waals surface area contributed by atoms with E-state index in [1.54, 1.807) is 13.3 Å². The van der Waals surface area contributed by atoms with Crippen LogP contribution in [-0.4, -0.2) is 57.8 Å². The molecule has 10 heteroatoms. The fraction of sp³-hybridized carbons (Fsp3) is 0.333. The molecule has 0 saturated carbocycles. The van der Waals surface area contributed by atoms with Crippen molar-refractivity contribution in [3.63, 3.8) is 0 Å². The quantitative estimate of drug-likeness (QED) is 0.533. The molecule has 2 amide bonds. The van der Waals surface area contributed by atoms with Crippen LogP contribution in [0.3, 0.4) is 0 Å². The Morgan fingerprint density at radius 2 is 2.19 bits per heavy atom. The van der Waals surface area contributed by atoms with Crippen LogP contribution in [0.2, 0.25) is 0 Å². The maximum Gasteiger partial charge on any atom is 0.317 e. The molecule has 164 valence electrons. The van der Waals surface area contributed by atoms with E-state index in [9.17, 15) is 4.79 Å². The minimum Gasteiger partial charge on any atom is -0.497 e. The maximum atomic E-state index is 12.5. The second kappa shape index (κ2) is 10.8. The topological polar surface area (TPSA) is 134 Å². The van der Waals surface area contributed by atoms with Crippen molar-refractivity contribution in [2.24, 2.45) is 0 Å². The first-order chi connectivity index (χ1) is 15.1. The molecule has 10 nitrogen and oxygen atoms in total. The molecule has 1 fully saturated rings. The van der Waals surface area contributed by atoms with Gasteiger partial charge in [0.2, 0.25) is 0 Å². The number of likely N-dealkylation sites (tertiary alicyclic amines) is 1. The van der Waals surface area contributed by atoms with Crippen LogP contribution in [0.15, 0.2) is 47.2 Å². The van der Waals surface area contributed by atoms with Crippen molar-refractivity contribution in [1.82, 2.24) is 25.3 Å². The number of aromatic nitrogens is 3. The number of rotatable bonds is 5. The Morgan fingerprint density at radius 3 is 2.87 bits per heavy atom. The molecule has 0 spiro atoms. The summed E-state index contributed by atoms with van der Waals surface area (Å²) in [5.41, 5.74) is 1.59. The van der Waals surface area contributed by atoms with Crippen molar-refractivity contribution >= 4 is 12.5 Å². The lowest BCUT2D eigenvalue weighted by atomic mass is 9.98. The predicted octanol–water partition coefficient (Wildman–Crippen LogP) is 2.86. The van der Waals surface area contributed by atoms with Gasteiger partial charge in [0, 0.05) is 43.0 Å². The first-order valence-electron chi connectivity index (χ1n) is 9.84. The number of ether oxygens (including phenoxy) is 1. The molecule has 1 aliphatic rings. The van der Waals surface area contributed by atoms with Crippen molar-refractivity contribution < 1.29 is 24.0 Å². The van der Waals surface area contributed by atoms with Crippen molar-refractivity contribution in [3.8, 4) is 17.1 Å². The normalized spacial score (nSPS) is 15.5. The summed E-state index contributed by atoms with van der Waals surface area (Å²) in [5.74, 6) is 2.63. The molecule has 3 heterocycles. The lowest BCUT2D eigenvalue weighted by Crippen LogP contribution is -2.44. The monoisotopic (exact) mass is 427 g/mol. The Balaban J connectivity index is 0.000000858. The summed E-state index contributed by atoms with van der Waals surface area (Å²) in [7, 11) is 1.63. The Kier molecular flexibility index (Phi) is 7.63. The number of nitrogens with zero attached hydrogens (tertiary/aromatic N) is 3. The largest absolute Gasteiger partial charge is 0.497 e. The highest BCUT2D eigenvalue weighted by atomic mass is 16.5. The predicted molar refractivity (Wildman–Crippen MR) is 112 cm³/mol. The zero-order valence-electron chi connectivity index (χ0n) is 17.2. The molecule has 31 heavy (non-hydrogen) atoms. The second-order valence-corrected chi connectivity index (χ2v) is 6.93. The summed E-state index contributed by atoms with van der Waals surface area (Å²) in [5, 5.41) is 13.9. The molecule has 1 saturated heterocycles. The van der Waals surface area contributed by atoms with Gasteiger partial charge in [0.25, 0.3) is 6.47 Å². The van der Waals surface area contributed by atoms with Gasteiger partial charge < -0.3 is 29.6 Å². The third-order valence-electron chi connectivity index (χ3n) is 4.97. The number of H-pyrrole nitrogens is 1. The van der Waals surface area contributed by atoms with Crippen molar-refractivity contribution in [2.75, 3.05) is 20.2 Å². The number of urea groups is 1. The molecule has 1 atom stereocenters. The average Bonchev–Trinajstić information content (AvgIpc) is 3.51. The Morgan fingerprint density at radius 1 is 1.42 bits per heavy atom. The smallest absolute Gasteiger partial charge is 0.317 e. The first kappa shape index (κ1) is 21.9. The van der Waals surface area contributed by atoms with E-state index in [-0.39, 0.29) is 18.4 Å². The molecule has 4 rings (SSSR count). The van der Waals surface area contributed by atoms with Gasteiger partial charge in [-0.2, -0.15) is 0 Å². The van der Waals surface area contributed by atoms with Crippen LogP contribution in [0.4, 0.5) is 4.79 Å². The number of imidazole rings is 1. The van der Waals surface area contributed by atoms with E-state index >= 15 is 0 Å². The van der Waals surface area contributed by atoms with E-state index in [4.69, 9.17) is 19.2 Å². The number of carboxylic acid groups (broad SMARTS) is 1. The Hall–Kier alpha value is -3.82. The fourth-order valence-corrected chi connectivity index (χ4v) is 3.45. The lowest BCUT2D eigenvalue weighted by Gasteiger charge is -2.31. The van der Waals surface area contributed by atoms with E-state index in [1.165, 1.54) is 0 Å². The van der Waals surface area contributed by atoms with E-state index in [0.29, 0.717) is 24.5 Å². The summed E-state index contributed by atoms with van der Waals surface area (Å²) < 4.78 is 10.6. The number of carbonyl (C=O) groups excluding carboxylic acids is 1. The molecule has 3 N–H and O–H groups in total. The number of carbonyl (C=O) groups is 2. The highest BCUT2D eigenvalue weighted by Crippen LogP contribution is 2.25. The molecule has 1 aromatic carbocycles. The number of nitrogens with one attached hydrogen (secondary N) is 2. The van der Waals surface area contributed by atoms with Gasteiger partial charge in [-0.15, -0.1) is 0 Å². The van der Waals surface area contributed by atoms with Crippen LogP contribution < -0.4 is 10.1 Å². The highest BCUT2D eigenvalue weighted by Gasteiger charge is 2.26. The maximum absolute atomic E-state index is 12.5. The SMILES string of the molecule is COc1ccc(-c2cc(CNC(=O)N3CCCC(c4ncc[nH]4)C3)no2)cc1.O=CO. The van der Waals surface area contributed by atoms with E-state index in [2.05, 4.69) is 20.4 Å². The zero-order chi connectivity index (χ0) is 22.1. The van der Waals surface area contributed by atoms with E-state index < -0.39 is 0 Å². The molecular weight excluding hydrogens is 402 g/mol. The molecule has 0 bridgehead atoms. The number of methoxy groups -OCH3 is 1. The van der Waals surface area contributed by atoms with E-state index in [1.807, 2.05) is 41.4 Å². The summed E-state index contributed by atoms with van der Waals surface area (Å²) in [6, 6.07) is 9.29. The van der Waals surface area contributed by atoms with Gasteiger partial charge in [-0.05, 0) is 37.1 Å². The van der Waals surface area contributed by atoms with Gasteiger partial charge in [0.1, 0.15) is 17.3 Å². The number of piperidine rings is 1. The van der Waals surface area contributed by atoms with Crippen LogP contribution in [0.5, 0.6) is 5.75 Å². The van der Waals surface area contributed by atoms with Gasteiger partial charge in [-0.3, -0.25) is 4.79 Å². The number of aromatic amines is 1. The molecule has 1 aliphatic heterocycles. The number of hydrogen-bond acceptors (Lipinski definition) is 6. The van der Waals surface area contributed by atoms with Crippen molar-refractivity contribution in [1.29, 1.82) is 0 Å². The van der Waals surface area contributed by atoms with Crippen LogP contribution in [-0.2, 0) is 11.3 Å². The van der Waals surface area contributed by atoms with Gasteiger partial charge in [0.05, 0.1) is 13.7 Å². The molecule has 1 unspecified atom stereocenters. The highest BCUT2D eigenvalue weighted by molar-refractivity contribution is 5.74. The van der Waals surface area contributed by atoms with Gasteiger partial charge in [-0.25, -0.2) is 9.78 Å². The summed E-state index contributed by atoms with van der Waals surface area (Å²) >= 11 is 0. The summed E-state index contributed by atoms with van der Waals surface area (Å²) in [6.45, 7) is 1.48. The van der Waals surface area contributed by atoms with Crippen molar-refractivity contribution in [2.45, 2.75) is 25.3 Å². The molecule has 0 radical (unpaired) electrons. The molecule has 2 aromatic heterocycles. The van der Waals surface area contributed by atoms with E-state index in [0.717, 1.165) is 36.5 Å². The van der Waals surface area contributed by atoms with Crippen LogP contribution in [0, 0.1) is 0 Å². The van der Waals surface area contributed by atoms with Gasteiger partial charge in [0.15, 0.2) is 5.76 Å². The Labute approximate surface area is 179 Å². The first-order valence-corrected chi connectivity index (χ1v) is 9.84.